The van der Waals surface area contributed by atoms with Gasteiger partial charge in [0.15, 0.2) is 5.60 Å². The number of hydrogen-bond acceptors (Lipinski definition) is 5. The van der Waals surface area contributed by atoms with Crippen molar-refractivity contribution in [2.24, 2.45) is 5.92 Å². The Balaban J connectivity index is 1.51. The van der Waals surface area contributed by atoms with Crippen molar-refractivity contribution in [3.8, 4) is 17.2 Å². The Morgan fingerprint density at radius 2 is 1.77 bits per heavy atom. The lowest BCUT2D eigenvalue weighted by Crippen LogP contribution is -2.64. The zero-order chi connectivity index (χ0) is 27.9. The molecule has 2 saturated heterocycles. The molecule has 3 aliphatic rings. The highest BCUT2D eigenvalue weighted by molar-refractivity contribution is 6.01. The first-order chi connectivity index (χ1) is 18.6. The number of nitriles is 1. The lowest BCUT2D eigenvalue weighted by molar-refractivity contribution is -0.171. The van der Waals surface area contributed by atoms with Crippen LogP contribution < -0.4 is 10.6 Å². The van der Waals surface area contributed by atoms with Crippen LogP contribution >= 0.6 is 0 Å². The highest BCUT2D eigenvalue weighted by Gasteiger charge is 2.56. The van der Waals surface area contributed by atoms with Crippen molar-refractivity contribution in [2.75, 3.05) is 6.54 Å². The first-order valence-electron chi connectivity index (χ1n) is 13.2. The molecule has 4 atom stereocenters. The Labute approximate surface area is 225 Å². The number of carbonyl (C=O) groups excluding carboxylic acids is 3. The number of nitrogens with zero attached hydrogens (tertiary/aromatic N) is 2. The fourth-order valence-corrected chi connectivity index (χ4v) is 6.23. The zero-order valence-electron chi connectivity index (χ0n) is 21.5. The molecule has 1 aliphatic carbocycles. The van der Waals surface area contributed by atoms with Gasteiger partial charge < -0.3 is 20.6 Å². The molecule has 39 heavy (non-hydrogen) atoms. The second kappa shape index (κ2) is 10.0. The van der Waals surface area contributed by atoms with E-state index in [0.29, 0.717) is 35.2 Å². The Bertz CT molecular complexity index is 1310. The summed E-state index contributed by atoms with van der Waals surface area (Å²) in [6, 6.07) is 11.9. The van der Waals surface area contributed by atoms with Gasteiger partial charge in [0.1, 0.15) is 12.1 Å². The minimum atomic E-state index is -3.24. The maximum absolute atomic E-state index is 14.9. The summed E-state index contributed by atoms with van der Waals surface area (Å²) >= 11 is 0. The first kappa shape index (κ1) is 26.8. The van der Waals surface area contributed by atoms with Crippen LogP contribution in [0.4, 0.5) is 8.78 Å². The number of carbonyl (C=O) groups is 3. The highest BCUT2D eigenvalue weighted by atomic mass is 19.3. The number of nitrogens with one attached hydrogen (secondary N) is 2. The number of amides is 3. The molecule has 0 bridgehead atoms. The van der Waals surface area contributed by atoms with Crippen molar-refractivity contribution < 1.29 is 28.3 Å². The average molecular weight is 537 g/mol. The number of alkyl halides is 2. The fraction of sp³-hybridized carbons (Fsp3) is 0.448. The van der Waals surface area contributed by atoms with Crippen LogP contribution in [0.5, 0.6) is 0 Å². The maximum atomic E-state index is 14.9. The second-order valence-electron chi connectivity index (χ2n) is 10.6. The molecule has 0 spiro atoms. The van der Waals surface area contributed by atoms with E-state index in [0.717, 1.165) is 4.90 Å². The summed E-state index contributed by atoms with van der Waals surface area (Å²) in [5, 5.41) is 26.9. The lowest BCUT2D eigenvalue weighted by Gasteiger charge is -2.46. The zero-order valence-corrected chi connectivity index (χ0v) is 21.5. The monoisotopic (exact) mass is 536 g/mol. The van der Waals surface area contributed by atoms with Gasteiger partial charge in [-0.05, 0) is 30.4 Å². The molecule has 5 rings (SSSR count). The van der Waals surface area contributed by atoms with Crippen molar-refractivity contribution >= 4 is 17.7 Å². The average Bonchev–Trinajstić information content (AvgIpc) is 3.45. The summed E-state index contributed by atoms with van der Waals surface area (Å²) in [6.07, 6.45) is -0.922. The predicted octanol–water partition coefficient (Wildman–Crippen LogP) is 2.84. The van der Waals surface area contributed by atoms with Crippen LogP contribution in [-0.2, 0) is 20.0 Å². The minimum Gasteiger partial charge on any atom is -0.372 e. The van der Waals surface area contributed by atoms with Gasteiger partial charge in [0.05, 0.1) is 6.07 Å². The van der Waals surface area contributed by atoms with Gasteiger partial charge in [0, 0.05) is 42.5 Å². The summed E-state index contributed by atoms with van der Waals surface area (Å²) in [5.41, 5.74) is -0.226. The first-order valence-corrected chi connectivity index (χ1v) is 13.2. The van der Waals surface area contributed by atoms with Crippen LogP contribution in [0.3, 0.4) is 0 Å². The fourth-order valence-electron chi connectivity index (χ4n) is 6.23. The topological polar surface area (TPSA) is 123 Å². The summed E-state index contributed by atoms with van der Waals surface area (Å²) in [7, 11) is 0. The van der Waals surface area contributed by atoms with E-state index in [1.54, 1.807) is 55.5 Å². The third-order valence-corrected chi connectivity index (χ3v) is 8.15. The van der Waals surface area contributed by atoms with Crippen molar-refractivity contribution in [3.63, 3.8) is 0 Å². The van der Waals surface area contributed by atoms with Crippen LogP contribution in [0.25, 0.3) is 11.1 Å². The van der Waals surface area contributed by atoms with E-state index in [4.69, 9.17) is 0 Å². The summed E-state index contributed by atoms with van der Waals surface area (Å²) < 4.78 is 29.9. The summed E-state index contributed by atoms with van der Waals surface area (Å²) in [6.45, 7) is 2.12. The quantitative estimate of drug-likeness (QED) is 0.524. The molecule has 2 fully saturated rings. The second-order valence-corrected chi connectivity index (χ2v) is 10.6. The molecule has 2 aliphatic heterocycles. The Morgan fingerprint density at radius 1 is 1.15 bits per heavy atom. The molecule has 0 saturated carbocycles. The minimum absolute atomic E-state index is 0.0347. The van der Waals surface area contributed by atoms with E-state index in [1.165, 1.54) is 0 Å². The molecule has 0 radical (unpaired) electrons. The van der Waals surface area contributed by atoms with Gasteiger partial charge in [-0.15, -0.1) is 0 Å². The van der Waals surface area contributed by atoms with Gasteiger partial charge in [0.2, 0.25) is 11.8 Å². The third-order valence-electron chi connectivity index (χ3n) is 8.15. The van der Waals surface area contributed by atoms with Crippen LogP contribution in [0, 0.1) is 17.2 Å². The number of halogens is 2. The van der Waals surface area contributed by atoms with Gasteiger partial charge >= 0.3 is 0 Å². The number of hydrogen-bond donors (Lipinski definition) is 3. The summed E-state index contributed by atoms with van der Waals surface area (Å²) in [4.78, 5) is 41.0. The van der Waals surface area contributed by atoms with Crippen molar-refractivity contribution in [1.29, 1.82) is 5.26 Å². The van der Waals surface area contributed by atoms with Crippen molar-refractivity contribution in [2.45, 2.75) is 68.7 Å². The molecule has 3 amide bonds. The molecule has 3 N–H and O–H groups in total. The molecule has 8 nitrogen and oxygen atoms in total. The smallest absolute Gasteiger partial charge is 0.264 e. The van der Waals surface area contributed by atoms with Crippen molar-refractivity contribution in [3.05, 3.63) is 59.7 Å². The molecule has 2 heterocycles. The molecule has 10 heteroatoms. The number of aliphatic hydroxyl groups is 1. The molecule has 0 aromatic heterocycles. The van der Waals surface area contributed by atoms with E-state index in [9.17, 15) is 33.5 Å². The Morgan fingerprint density at radius 3 is 2.31 bits per heavy atom. The van der Waals surface area contributed by atoms with E-state index >= 15 is 0 Å². The number of rotatable bonds is 6. The van der Waals surface area contributed by atoms with E-state index in [1.807, 2.05) is 6.07 Å². The summed E-state index contributed by atoms with van der Waals surface area (Å²) in [5.74, 6) is -5.70. The molecule has 0 unspecified atom stereocenters. The SMILES string of the molecule is CC[C@H]1CC(F)(F)C[C@@H](C(=O)N[C@H](C#N)C[C@@H]2CCNC2=O)N1C(=O)C1(O)c2ccccc2-c2ccccc21. The van der Waals surface area contributed by atoms with E-state index in [2.05, 4.69) is 10.6 Å². The molecule has 2 aromatic rings. The number of piperidine rings is 1. The van der Waals surface area contributed by atoms with Gasteiger partial charge in [-0.25, -0.2) is 8.78 Å². The maximum Gasteiger partial charge on any atom is 0.264 e. The van der Waals surface area contributed by atoms with Crippen LogP contribution in [0.15, 0.2) is 48.5 Å². The highest BCUT2D eigenvalue weighted by Crippen LogP contribution is 2.50. The predicted molar refractivity (Wildman–Crippen MR) is 137 cm³/mol. The van der Waals surface area contributed by atoms with Crippen LogP contribution in [0.2, 0.25) is 0 Å². The van der Waals surface area contributed by atoms with Crippen molar-refractivity contribution in [1.82, 2.24) is 15.5 Å². The van der Waals surface area contributed by atoms with Crippen LogP contribution in [-0.4, -0.2) is 58.3 Å². The Kier molecular flexibility index (Phi) is 6.89. The molecule has 2 aromatic carbocycles. The molecule has 204 valence electrons. The Hall–Kier alpha value is -3.84. The molecular formula is C29H30F2N4O4. The third kappa shape index (κ3) is 4.55. The van der Waals surface area contributed by atoms with Gasteiger partial charge in [-0.1, -0.05) is 55.5 Å². The van der Waals surface area contributed by atoms with E-state index < -0.39 is 60.2 Å². The number of fused-ring (bicyclic) bond motifs is 3. The van der Waals surface area contributed by atoms with Gasteiger partial charge in [0.25, 0.3) is 11.8 Å². The number of benzene rings is 2. The van der Waals surface area contributed by atoms with Gasteiger partial charge in [-0.2, -0.15) is 5.26 Å². The standard InChI is InChI=1S/C29H30F2N4O4/c1-2-19-14-28(30,31)15-24(26(37)34-18(16-32)13-17-11-12-33-25(17)36)35(19)27(38)29(39)22-9-5-3-7-20(22)21-8-4-6-10-23(21)29/h3-10,17-19,24,39H,2,11-15H2,1H3,(H,33,36)(H,34,37)/t17-,18-,19-,24-/m0/s1. The van der Waals surface area contributed by atoms with Crippen LogP contribution in [0.1, 0.15) is 50.2 Å². The number of likely N-dealkylation sites (tertiary alicyclic amines) is 1. The van der Waals surface area contributed by atoms with Gasteiger partial charge in [-0.3, -0.25) is 14.4 Å². The lowest BCUT2D eigenvalue weighted by atomic mass is 9.84. The largest absolute Gasteiger partial charge is 0.372 e. The normalized spacial score (nSPS) is 25.2. The molecular weight excluding hydrogens is 506 g/mol. The van der Waals surface area contributed by atoms with E-state index in [-0.39, 0.29) is 18.7 Å².